The molecule has 0 aromatic rings. The Morgan fingerprint density at radius 2 is 0.456 bits per heavy atom. The molecule has 6 heteroatoms. The van der Waals surface area contributed by atoms with Gasteiger partial charge in [-0.1, -0.05) is 271 Å². The van der Waals surface area contributed by atoms with Crippen molar-refractivity contribution >= 4 is 17.9 Å². The summed E-state index contributed by atoms with van der Waals surface area (Å²) >= 11 is 0. The third kappa shape index (κ3) is 64.8. The summed E-state index contributed by atoms with van der Waals surface area (Å²) in [6.07, 6.45) is 90.8. The van der Waals surface area contributed by atoms with E-state index in [2.05, 4.69) is 130 Å². The van der Waals surface area contributed by atoms with E-state index in [4.69, 9.17) is 14.2 Å². The monoisotopic (exact) mass is 1100 g/mol. The average Bonchev–Trinajstić information content (AvgIpc) is 3.45. The summed E-state index contributed by atoms with van der Waals surface area (Å²) in [5, 5.41) is 0. The first-order chi connectivity index (χ1) is 39.0. The van der Waals surface area contributed by atoms with Crippen molar-refractivity contribution in [3.63, 3.8) is 0 Å². The van der Waals surface area contributed by atoms with Gasteiger partial charge in [-0.05, 0) is 135 Å². The van der Waals surface area contributed by atoms with Crippen LogP contribution in [0, 0.1) is 0 Å². The van der Waals surface area contributed by atoms with Gasteiger partial charge in [0.05, 0.1) is 0 Å². The topological polar surface area (TPSA) is 78.9 Å². The Balaban J connectivity index is 4.45. The molecule has 79 heavy (non-hydrogen) atoms. The normalized spacial score (nSPS) is 12.8. The van der Waals surface area contributed by atoms with Crippen LogP contribution in [-0.4, -0.2) is 37.2 Å². The van der Waals surface area contributed by atoms with Crippen LogP contribution < -0.4 is 0 Å². The van der Waals surface area contributed by atoms with Gasteiger partial charge in [-0.15, -0.1) is 0 Å². The minimum absolute atomic E-state index is 0.0926. The van der Waals surface area contributed by atoms with E-state index in [1.807, 2.05) is 0 Å². The highest BCUT2D eigenvalue weighted by Gasteiger charge is 2.19. The maximum atomic E-state index is 12.9. The van der Waals surface area contributed by atoms with Crippen molar-refractivity contribution in [3.8, 4) is 0 Å². The predicted octanol–water partition coefficient (Wildman–Crippen LogP) is 23.0. The summed E-state index contributed by atoms with van der Waals surface area (Å²) in [7, 11) is 0. The molecule has 0 fully saturated rings. The van der Waals surface area contributed by atoms with Crippen LogP contribution in [0.15, 0.2) is 109 Å². The zero-order valence-corrected chi connectivity index (χ0v) is 51.9. The van der Waals surface area contributed by atoms with Gasteiger partial charge >= 0.3 is 17.9 Å². The van der Waals surface area contributed by atoms with Crippen molar-refractivity contribution in [2.45, 2.75) is 322 Å². The fourth-order valence-corrected chi connectivity index (χ4v) is 9.17. The number of hydrogen-bond acceptors (Lipinski definition) is 6. The molecule has 0 aliphatic heterocycles. The highest BCUT2D eigenvalue weighted by molar-refractivity contribution is 5.71. The number of ether oxygens (including phenoxy) is 3. The van der Waals surface area contributed by atoms with Crippen molar-refractivity contribution in [1.82, 2.24) is 0 Å². The molecule has 0 aromatic heterocycles. The number of carbonyl (C=O) groups excluding carboxylic acids is 3. The number of allylic oxidation sites excluding steroid dienone is 18. The molecule has 0 spiro atoms. The van der Waals surface area contributed by atoms with Crippen LogP contribution >= 0.6 is 0 Å². The standard InChI is InChI=1S/C73H124O6/c1-4-7-10-13-16-19-22-25-28-31-34-35-36-37-40-42-45-48-51-54-57-60-63-66-72(75)78-69-70(79-73(76)67-64-61-58-55-52-49-46-43-39-33-30-27-24-21-18-15-12-9-6-3)68-77-71(74)65-62-59-56-53-50-47-44-41-38-32-29-26-23-20-17-14-11-8-5-2/h17-18,20-22,25-27,29-31,34,36-39,41,43,70H,4-16,19,23-24,28,32-33,35,40,42,44-69H2,1-3H3/b20-17-,21-18-,25-22-,29-26-,30-27-,34-31-,37-36-,41-38-,43-39-. The van der Waals surface area contributed by atoms with E-state index in [1.165, 1.54) is 154 Å². The lowest BCUT2D eigenvalue weighted by molar-refractivity contribution is -0.167. The second kappa shape index (κ2) is 66.6. The van der Waals surface area contributed by atoms with Gasteiger partial charge in [0.25, 0.3) is 0 Å². The highest BCUT2D eigenvalue weighted by atomic mass is 16.6. The van der Waals surface area contributed by atoms with Gasteiger partial charge in [0.1, 0.15) is 13.2 Å². The SMILES string of the molecule is CCCCC/C=C\C/C=C\C/C=C\CCCCCCCCC(=O)OCC(COC(=O)CCCCCCCCCC/C=C\C/C=C\C/C=C\CCCCCCC)OC(=O)CCCCCCCC/C=C\C/C=C\C/C=C\CCCCC. The van der Waals surface area contributed by atoms with Gasteiger partial charge in [0, 0.05) is 19.3 Å². The number of esters is 3. The van der Waals surface area contributed by atoms with Crippen LogP contribution in [0.5, 0.6) is 0 Å². The van der Waals surface area contributed by atoms with E-state index in [0.29, 0.717) is 19.3 Å². The Hall–Kier alpha value is -3.93. The Morgan fingerprint density at radius 1 is 0.253 bits per heavy atom. The van der Waals surface area contributed by atoms with Gasteiger partial charge in [-0.25, -0.2) is 0 Å². The van der Waals surface area contributed by atoms with Crippen molar-refractivity contribution in [2.75, 3.05) is 13.2 Å². The molecule has 1 unspecified atom stereocenters. The summed E-state index contributed by atoms with van der Waals surface area (Å²) in [5.74, 6) is -0.916. The van der Waals surface area contributed by atoms with Gasteiger partial charge in [-0.2, -0.15) is 0 Å². The summed E-state index contributed by atoms with van der Waals surface area (Å²) in [6.45, 7) is 6.57. The van der Waals surface area contributed by atoms with Crippen LogP contribution in [0.1, 0.15) is 316 Å². The summed E-state index contributed by atoms with van der Waals surface area (Å²) < 4.78 is 16.9. The van der Waals surface area contributed by atoms with E-state index in [0.717, 1.165) is 122 Å². The van der Waals surface area contributed by atoms with Crippen LogP contribution in [0.4, 0.5) is 0 Å². The zero-order valence-electron chi connectivity index (χ0n) is 51.9. The van der Waals surface area contributed by atoms with E-state index in [1.54, 1.807) is 0 Å². The number of carbonyl (C=O) groups is 3. The van der Waals surface area contributed by atoms with E-state index < -0.39 is 6.10 Å². The molecule has 0 aliphatic rings. The largest absolute Gasteiger partial charge is 0.462 e. The van der Waals surface area contributed by atoms with Crippen LogP contribution in [0.25, 0.3) is 0 Å². The quantitative estimate of drug-likeness (QED) is 0.0261. The Labute approximate surface area is 489 Å². The lowest BCUT2D eigenvalue weighted by atomic mass is 10.1. The minimum atomic E-state index is -0.798. The molecule has 6 nitrogen and oxygen atoms in total. The predicted molar refractivity (Wildman–Crippen MR) is 343 cm³/mol. The fourth-order valence-electron chi connectivity index (χ4n) is 9.17. The van der Waals surface area contributed by atoms with Gasteiger partial charge in [-0.3, -0.25) is 14.4 Å². The zero-order chi connectivity index (χ0) is 57.1. The highest BCUT2D eigenvalue weighted by Crippen LogP contribution is 2.15. The third-order valence-electron chi connectivity index (χ3n) is 14.2. The third-order valence-corrected chi connectivity index (χ3v) is 14.2. The molecule has 0 saturated heterocycles. The first kappa shape index (κ1) is 75.1. The van der Waals surface area contributed by atoms with Crippen LogP contribution in [0.2, 0.25) is 0 Å². The van der Waals surface area contributed by atoms with Crippen LogP contribution in [0.3, 0.4) is 0 Å². The number of hydrogen-bond donors (Lipinski definition) is 0. The second-order valence-corrected chi connectivity index (χ2v) is 22.0. The molecule has 0 aromatic carbocycles. The van der Waals surface area contributed by atoms with Crippen molar-refractivity contribution in [2.24, 2.45) is 0 Å². The Kier molecular flexibility index (Phi) is 63.3. The molecule has 0 bridgehead atoms. The maximum Gasteiger partial charge on any atom is 0.306 e. The Morgan fingerprint density at radius 3 is 0.734 bits per heavy atom. The Bertz CT molecular complexity index is 1590. The molecule has 0 rings (SSSR count). The summed E-state index contributed by atoms with van der Waals surface area (Å²) in [5.41, 5.74) is 0. The second-order valence-electron chi connectivity index (χ2n) is 22.0. The van der Waals surface area contributed by atoms with E-state index in [9.17, 15) is 14.4 Å². The summed E-state index contributed by atoms with van der Waals surface area (Å²) in [6, 6.07) is 0. The molecule has 0 aliphatic carbocycles. The smallest absolute Gasteiger partial charge is 0.306 e. The van der Waals surface area contributed by atoms with E-state index in [-0.39, 0.29) is 31.1 Å². The number of rotatable bonds is 60. The average molecular weight is 1100 g/mol. The van der Waals surface area contributed by atoms with Gasteiger partial charge < -0.3 is 14.2 Å². The molecule has 0 heterocycles. The molecule has 0 N–H and O–H groups in total. The first-order valence-electron chi connectivity index (χ1n) is 33.4. The molecular formula is C73H124O6. The lowest BCUT2D eigenvalue weighted by Crippen LogP contribution is -2.30. The lowest BCUT2D eigenvalue weighted by Gasteiger charge is -2.18. The molecule has 0 saturated carbocycles. The van der Waals surface area contributed by atoms with Crippen molar-refractivity contribution in [3.05, 3.63) is 109 Å². The first-order valence-corrected chi connectivity index (χ1v) is 33.4. The molecule has 1 atom stereocenters. The van der Waals surface area contributed by atoms with Crippen LogP contribution in [-0.2, 0) is 28.6 Å². The molecule has 0 radical (unpaired) electrons. The van der Waals surface area contributed by atoms with Gasteiger partial charge in [0.15, 0.2) is 6.10 Å². The van der Waals surface area contributed by atoms with Gasteiger partial charge in [0.2, 0.25) is 0 Å². The molecule has 0 amide bonds. The minimum Gasteiger partial charge on any atom is -0.462 e. The maximum absolute atomic E-state index is 12.9. The van der Waals surface area contributed by atoms with E-state index >= 15 is 0 Å². The van der Waals surface area contributed by atoms with Crippen molar-refractivity contribution in [1.29, 1.82) is 0 Å². The fraction of sp³-hybridized carbons (Fsp3) is 0.712. The molecular weight excluding hydrogens is 973 g/mol. The molecule has 452 valence electrons. The number of unbranched alkanes of at least 4 members (excludes halogenated alkanes) is 31. The summed E-state index contributed by atoms with van der Waals surface area (Å²) in [4.78, 5) is 38.4. The van der Waals surface area contributed by atoms with Crippen molar-refractivity contribution < 1.29 is 28.6 Å².